The van der Waals surface area contributed by atoms with Crippen LogP contribution in [0.3, 0.4) is 0 Å². The Balaban J connectivity index is 1.91. The molecule has 0 aromatic carbocycles. The first-order valence-corrected chi connectivity index (χ1v) is 7.38. The van der Waals surface area contributed by atoms with Crippen LogP contribution in [0.5, 0.6) is 0 Å². The molecule has 2 rings (SSSR count). The zero-order valence-electron chi connectivity index (χ0n) is 11.5. The zero-order chi connectivity index (χ0) is 15.1. The number of imide groups is 1. The van der Waals surface area contributed by atoms with E-state index in [0.29, 0.717) is 13.1 Å². The van der Waals surface area contributed by atoms with Crippen LogP contribution in [-0.2, 0) is 17.9 Å². The van der Waals surface area contributed by atoms with Gasteiger partial charge in [0.15, 0.2) is 0 Å². The summed E-state index contributed by atoms with van der Waals surface area (Å²) in [5.74, 6) is 0.458. The lowest BCUT2D eigenvalue weighted by Gasteiger charge is -2.20. The quantitative estimate of drug-likeness (QED) is 0.818. The summed E-state index contributed by atoms with van der Waals surface area (Å²) in [6.45, 7) is 1.84. The molecule has 2 aromatic rings. The second-order valence-electron chi connectivity index (χ2n) is 4.53. The second kappa shape index (κ2) is 7.61. The average Bonchev–Trinajstić information content (AvgIpc) is 3.08. The summed E-state index contributed by atoms with van der Waals surface area (Å²) in [5, 5.41) is 4.08. The summed E-state index contributed by atoms with van der Waals surface area (Å²) in [6, 6.07) is 6.94. The number of nitrogens with one attached hydrogen (secondary N) is 1. The molecule has 0 unspecified atom stereocenters. The van der Waals surface area contributed by atoms with Crippen LogP contribution in [0.25, 0.3) is 0 Å². The third kappa shape index (κ3) is 5.41. The summed E-state index contributed by atoms with van der Waals surface area (Å²) in [7, 11) is 0. The van der Waals surface area contributed by atoms with Crippen LogP contribution in [0.1, 0.15) is 17.1 Å². The van der Waals surface area contributed by atoms with E-state index >= 15 is 0 Å². The maximum atomic E-state index is 11.5. The van der Waals surface area contributed by atoms with Gasteiger partial charge in [-0.2, -0.15) is 0 Å². The number of furan rings is 1. The molecule has 3 amide bonds. The van der Waals surface area contributed by atoms with Crippen molar-refractivity contribution in [2.45, 2.75) is 19.5 Å². The third-order valence-corrected chi connectivity index (χ3v) is 3.70. The predicted octanol–water partition coefficient (Wildman–Crippen LogP) is 1.93. The fourth-order valence-electron chi connectivity index (χ4n) is 1.92. The molecule has 0 atom stereocenters. The molecule has 7 heteroatoms. The van der Waals surface area contributed by atoms with Gasteiger partial charge in [-0.25, -0.2) is 4.79 Å². The van der Waals surface area contributed by atoms with Crippen molar-refractivity contribution in [3.63, 3.8) is 0 Å². The molecular formula is C14H17N3O3S. The smallest absolute Gasteiger partial charge is 0.318 e. The fraction of sp³-hybridized carbons (Fsp3) is 0.286. The van der Waals surface area contributed by atoms with Gasteiger partial charge in [0.2, 0.25) is 5.91 Å². The molecule has 0 aliphatic carbocycles. The van der Waals surface area contributed by atoms with Crippen molar-refractivity contribution >= 4 is 23.3 Å². The van der Waals surface area contributed by atoms with E-state index < -0.39 is 6.03 Å². The highest BCUT2D eigenvalue weighted by molar-refractivity contribution is 7.09. The lowest BCUT2D eigenvalue weighted by molar-refractivity contribution is -0.120. The molecule has 21 heavy (non-hydrogen) atoms. The number of urea groups is 1. The van der Waals surface area contributed by atoms with Crippen LogP contribution in [-0.4, -0.2) is 23.4 Å². The Morgan fingerprint density at radius 2 is 2.14 bits per heavy atom. The maximum Gasteiger partial charge on any atom is 0.318 e. The highest BCUT2D eigenvalue weighted by Gasteiger charge is 2.12. The molecule has 0 aliphatic rings. The predicted molar refractivity (Wildman–Crippen MR) is 79.5 cm³/mol. The van der Waals surface area contributed by atoms with Crippen molar-refractivity contribution in [1.82, 2.24) is 10.2 Å². The standard InChI is InChI=1S/C14H17N3O3S/c15-14(19)16-13(18)5-6-17(9-11-3-1-7-20-11)10-12-4-2-8-21-12/h1-4,7-8H,5-6,9-10H2,(H3,15,16,18,19). The summed E-state index contributed by atoms with van der Waals surface area (Å²) < 4.78 is 5.34. The van der Waals surface area contributed by atoms with Crippen LogP contribution in [0.2, 0.25) is 0 Å². The van der Waals surface area contributed by atoms with Gasteiger partial charge in [-0.3, -0.25) is 15.0 Å². The van der Waals surface area contributed by atoms with E-state index in [9.17, 15) is 9.59 Å². The molecular weight excluding hydrogens is 290 g/mol. The summed E-state index contributed by atoms with van der Waals surface area (Å²) in [4.78, 5) is 25.4. The van der Waals surface area contributed by atoms with Crippen LogP contribution >= 0.6 is 11.3 Å². The topological polar surface area (TPSA) is 88.6 Å². The van der Waals surface area contributed by atoms with Crippen molar-refractivity contribution in [2.75, 3.05) is 6.54 Å². The van der Waals surface area contributed by atoms with Crippen molar-refractivity contribution in [2.24, 2.45) is 5.73 Å². The number of nitrogens with zero attached hydrogens (tertiary/aromatic N) is 1. The van der Waals surface area contributed by atoms with Crippen LogP contribution in [0.15, 0.2) is 40.3 Å². The first-order valence-electron chi connectivity index (χ1n) is 6.50. The Morgan fingerprint density at radius 3 is 2.76 bits per heavy atom. The number of rotatable bonds is 7. The number of thiophene rings is 1. The molecule has 0 spiro atoms. The van der Waals surface area contributed by atoms with Gasteiger partial charge in [0.25, 0.3) is 0 Å². The van der Waals surface area contributed by atoms with Gasteiger partial charge in [-0.05, 0) is 23.6 Å². The van der Waals surface area contributed by atoms with Crippen molar-refractivity contribution in [3.8, 4) is 0 Å². The number of primary amides is 1. The van der Waals surface area contributed by atoms with Crippen LogP contribution in [0, 0.1) is 0 Å². The molecule has 0 saturated heterocycles. The number of hydrogen-bond donors (Lipinski definition) is 2. The second-order valence-corrected chi connectivity index (χ2v) is 5.56. The molecule has 112 valence electrons. The Labute approximate surface area is 126 Å². The third-order valence-electron chi connectivity index (χ3n) is 2.84. The van der Waals surface area contributed by atoms with E-state index in [0.717, 1.165) is 12.3 Å². The Kier molecular flexibility index (Phi) is 5.53. The first kappa shape index (κ1) is 15.3. The van der Waals surface area contributed by atoms with Crippen LogP contribution < -0.4 is 11.1 Å². The minimum absolute atomic E-state index is 0.203. The highest BCUT2D eigenvalue weighted by atomic mass is 32.1. The van der Waals surface area contributed by atoms with Crippen molar-refractivity contribution in [3.05, 3.63) is 46.5 Å². The Hall–Kier alpha value is -2.12. The monoisotopic (exact) mass is 307 g/mol. The van der Waals surface area contributed by atoms with Gasteiger partial charge in [0.1, 0.15) is 5.76 Å². The largest absolute Gasteiger partial charge is 0.468 e. The molecule has 0 radical (unpaired) electrons. The van der Waals surface area contributed by atoms with E-state index in [-0.39, 0.29) is 12.3 Å². The van der Waals surface area contributed by atoms with E-state index in [4.69, 9.17) is 10.2 Å². The first-order chi connectivity index (χ1) is 10.1. The molecule has 0 aliphatic heterocycles. The summed E-state index contributed by atoms with van der Waals surface area (Å²) in [5.41, 5.74) is 4.92. The maximum absolute atomic E-state index is 11.5. The van der Waals surface area contributed by atoms with Crippen molar-refractivity contribution in [1.29, 1.82) is 0 Å². The van der Waals surface area contributed by atoms with E-state index in [1.807, 2.05) is 29.6 Å². The molecule has 3 N–H and O–H groups in total. The summed E-state index contributed by atoms with van der Waals surface area (Å²) >= 11 is 1.66. The zero-order valence-corrected chi connectivity index (χ0v) is 12.3. The minimum Gasteiger partial charge on any atom is -0.468 e. The molecule has 0 fully saturated rings. The number of hydrogen-bond acceptors (Lipinski definition) is 5. The normalized spacial score (nSPS) is 10.7. The Morgan fingerprint density at radius 1 is 1.29 bits per heavy atom. The lowest BCUT2D eigenvalue weighted by atomic mass is 10.3. The molecule has 2 heterocycles. The summed E-state index contributed by atoms with van der Waals surface area (Å²) in [6.07, 6.45) is 1.83. The van der Waals surface area contributed by atoms with Gasteiger partial charge in [0.05, 0.1) is 12.8 Å². The molecule has 0 saturated carbocycles. The van der Waals surface area contributed by atoms with Gasteiger partial charge < -0.3 is 10.2 Å². The van der Waals surface area contributed by atoms with Gasteiger partial charge >= 0.3 is 6.03 Å². The number of nitrogens with two attached hydrogens (primary N) is 1. The van der Waals surface area contributed by atoms with E-state index in [1.54, 1.807) is 17.6 Å². The van der Waals surface area contributed by atoms with E-state index in [2.05, 4.69) is 10.2 Å². The lowest BCUT2D eigenvalue weighted by Crippen LogP contribution is -2.37. The fourth-order valence-corrected chi connectivity index (χ4v) is 2.67. The number of carbonyl (C=O) groups excluding carboxylic acids is 2. The van der Waals surface area contributed by atoms with Gasteiger partial charge in [-0.15, -0.1) is 11.3 Å². The average molecular weight is 307 g/mol. The molecule has 2 aromatic heterocycles. The number of amides is 3. The SMILES string of the molecule is NC(=O)NC(=O)CCN(Cc1ccco1)Cc1cccs1. The molecule has 6 nitrogen and oxygen atoms in total. The van der Waals surface area contributed by atoms with E-state index in [1.165, 1.54) is 4.88 Å². The van der Waals surface area contributed by atoms with Gasteiger partial charge in [-0.1, -0.05) is 6.07 Å². The molecule has 0 bridgehead atoms. The Bertz CT molecular complexity index is 530. The van der Waals surface area contributed by atoms with Crippen LogP contribution in [0.4, 0.5) is 4.79 Å². The van der Waals surface area contributed by atoms with Gasteiger partial charge in [0, 0.05) is 24.4 Å². The number of carbonyl (C=O) groups is 2. The minimum atomic E-state index is -0.823. The van der Waals surface area contributed by atoms with Crippen molar-refractivity contribution < 1.29 is 14.0 Å². The highest BCUT2D eigenvalue weighted by Crippen LogP contribution is 2.15.